The van der Waals surface area contributed by atoms with Crippen molar-refractivity contribution in [1.29, 1.82) is 0 Å². The van der Waals surface area contributed by atoms with Crippen molar-refractivity contribution < 1.29 is 4.21 Å². The molecule has 1 saturated heterocycles. The van der Waals surface area contributed by atoms with E-state index in [-0.39, 0.29) is 4.75 Å². The normalized spacial score (nSPS) is 29.0. The van der Waals surface area contributed by atoms with Gasteiger partial charge in [-0.25, -0.2) is 4.21 Å². The molecule has 4 heteroatoms. The van der Waals surface area contributed by atoms with Crippen molar-refractivity contribution in [3.05, 3.63) is 35.9 Å². The average molecular weight is 318 g/mol. The highest BCUT2D eigenvalue weighted by Crippen LogP contribution is 2.37. The number of benzene rings is 1. The summed E-state index contributed by atoms with van der Waals surface area (Å²) in [6.07, 6.45) is 2.24. The zero-order chi connectivity index (χ0) is 15.7. The minimum atomic E-state index is -1.12. The molecule has 1 saturated carbocycles. The van der Waals surface area contributed by atoms with E-state index in [1.165, 1.54) is 17.7 Å². The topological polar surface area (TPSA) is 32.7 Å². The van der Waals surface area contributed by atoms with E-state index in [1.807, 2.05) is 20.8 Å². The van der Waals surface area contributed by atoms with Gasteiger partial charge in [0.25, 0.3) is 0 Å². The van der Waals surface area contributed by atoms with Gasteiger partial charge in [0.15, 0.2) is 0 Å². The Kier molecular flexibility index (Phi) is 4.51. The predicted molar refractivity (Wildman–Crippen MR) is 93.3 cm³/mol. The van der Waals surface area contributed by atoms with Gasteiger partial charge in [0, 0.05) is 31.3 Å². The van der Waals surface area contributed by atoms with Gasteiger partial charge in [0.05, 0.1) is 4.75 Å². The Morgan fingerprint density at radius 3 is 2.64 bits per heavy atom. The van der Waals surface area contributed by atoms with Crippen LogP contribution in [0.25, 0.3) is 0 Å². The van der Waals surface area contributed by atoms with Crippen LogP contribution in [0.4, 0.5) is 0 Å². The van der Waals surface area contributed by atoms with Crippen molar-refractivity contribution in [1.82, 2.24) is 4.90 Å². The summed E-state index contributed by atoms with van der Waals surface area (Å²) in [6, 6.07) is 10.7. The van der Waals surface area contributed by atoms with E-state index < -0.39 is 11.0 Å². The molecular weight excluding hydrogens is 292 g/mol. The molecule has 0 aromatic heterocycles. The first-order valence-electron chi connectivity index (χ1n) is 8.19. The molecule has 0 N–H and O–H groups in total. The summed E-state index contributed by atoms with van der Waals surface area (Å²) in [5.41, 5.74) is 2.58. The maximum absolute atomic E-state index is 12.3. The van der Waals surface area contributed by atoms with Crippen LogP contribution >= 0.6 is 0 Å². The van der Waals surface area contributed by atoms with Crippen LogP contribution in [-0.2, 0) is 17.5 Å². The van der Waals surface area contributed by atoms with E-state index in [9.17, 15) is 4.21 Å². The molecule has 120 valence electrons. The highest BCUT2D eigenvalue weighted by molar-refractivity contribution is 7.85. The maximum atomic E-state index is 12.3. The van der Waals surface area contributed by atoms with Gasteiger partial charge < -0.3 is 0 Å². The van der Waals surface area contributed by atoms with Crippen LogP contribution in [0.3, 0.4) is 0 Å². The molecule has 22 heavy (non-hydrogen) atoms. The van der Waals surface area contributed by atoms with Crippen LogP contribution in [-0.4, -0.2) is 32.7 Å². The summed E-state index contributed by atoms with van der Waals surface area (Å²) in [7, 11) is -1.12. The van der Waals surface area contributed by atoms with Crippen LogP contribution in [0, 0.1) is 11.8 Å². The Hall–Kier alpha value is -1.00. The third-order valence-corrected chi connectivity index (χ3v) is 6.14. The van der Waals surface area contributed by atoms with E-state index in [4.69, 9.17) is 0 Å². The van der Waals surface area contributed by atoms with Crippen LogP contribution in [0.5, 0.6) is 0 Å². The third kappa shape index (κ3) is 3.49. The van der Waals surface area contributed by atoms with E-state index in [1.54, 1.807) is 0 Å². The fraction of sp³-hybridized carbons (Fsp3) is 0.611. The van der Waals surface area contributed by atoms with E-state index in [0.717, 1.165) is 26.1 Å². The molecule has 2 aliphatic rings. The van der Waals surface area contributed by atoms with Crippen molar-refractivity contribution in [2.75, 3.05) is 13.1 Å². The third-order valence-electron chi connectivity index (χ3n) is 4.69. The number of likely N-dealkylation sites (tertiary alicyclic amines) is 1. The number of hydrogen-bond acceptors (Lipinski definition) is 2. The van der Waals surface area contributed by atoms with Crippen molar-refractivity contribution >= 4 is 16.7 Å². The first-order chi connectivity index (χ1) is 10.4. The summed E-state index contributed by atoms with van der Waals surface area (Å²) >= 11 is 0. The SMILES string of the molecule is CC(C)(C)S(=O)/N=C1\CC[C@@H]2CN(Cc3ccccc3)C[C@H]12. The van der Waals surface area contributed by atoms with E-state index in [2.05, 4.69) is 39.6 Å². The van der Waals surface area contributed by atoms with E-state index >= 15 is 0 Å². The monoisotopic (exact) mass is 318 g/mol. The molecule has 0 amide bonds. The standard InChI is InChI=1S/C18H26N2OS/c1-18(2,3)22(21)19-17-10-9-15-12-20(13-16(15)17)11-14-7-5-4-6-8-14/h4-8,15-16H,9-13H2,1-3H3/b19-17+/t15-,16+,22?/m1/s1. The van der Waals surface area contributed by atoms with Crippen LogP contribution in [0.2, 0.25) is 0 Å². The lowest BCUT2D eigenvalue weighted by molar-refractivity contribution is 0.312. The van der Waals surface area contributed by atoms with Crippen LogP contribution < -0.4 is 0 Å². The van der Waals surface area contributed by atoms with Gasteiger partial charge in [-0.15, -0.1) is 0 Å². The second-order valence-electron chi connectivity index (χ2n) is 7.53. The second kappa shape index (κ2) is 6.25. The Morgan fingerprint density at radius 1 is 1.23 bits per heavy atom. The van der Waals surface area contributed by atoms with Gasteiger partial charge >= 0.3 is 0 Å². The van der Waals surface area contributed by atoms with Crippen molar-refractivity contribution in [2.45, 2.75) is 44.9 Å². The smallest absolute Gasteiger partial charge is 0.144 e. The Labute approximate surface area is 136 Å². The molecule has 1 aromatic rings. The van der Waals surface area contributed by atoms with Crippen LogP contribution in [0.15, 0.2) is 34.7 Å². The zero-order valence-corrected chi connectivity index (χ0v) is 14.6. The van der Waals surface area contributed by atoms with Gasteiger partial charge in [0.2, 0.25) is 0 Å². The Morgan fingerprint density at radius 2 is 1.95 bits per heavy atom. The number of nitrogens with zero attached hydrogens (tertiary/aromatic N) is 2. The van der Waals surface area contributed by atoms with Crippen molar-refractivity contribution in [3.8, 4) is 0 Å². The fourth-order valence-electron chi connectivity index (χ4n) is 3.48. The summed E-state index contributed by atoms with van der Waals surface area (Å²) in [5.74, 6) is 1.23. The van der Waals surface area contributed by atoms with Crippen molar-refractivity contribution in [2.24, 2.45) is 16.2 Å². The number of hydrogen-bond donors (Lipinski definition) is 0. The first-order valence-corrected chi connectivity index (χ1v) is 9.30. The fourth-order valence-corrected chi connectivity index (χ4v) is 4.19. The molecule has 1 heterocycles. The molecule has 1 aliphatic heterocycles. The molecular formula is C18H26N2OS. The minimum Gasteiger partial charge on any atom is -0.298 e. The molecule has 0 spiro atoms. The van der Waals surface area contributed by atoms with Gasteiger partial charge in [-0.3, -0.25) is 4.90 Å². The molecule has 0 bridgehead atoms. The summed E-state index contributed by atoms with van der Waals surface area (Å²) in [5, 5.41) is 0. The zero-order valence-electron chi connectivity index (χ0n) is 13.8. The summed E-state index contributed by atoms with van der Waals surface area (Å²) < 4.78 is 16.6. The molecule has 3 rings (SSSR count). The molecule has 0 radical (unpaired) electrons. The van der Waals surface area contributed by atoms with Crippen molar-refractivity contribution in [3.63, 3.8) is 0 Å². The first kappa shape index (κ1) is 15.9. The predicted octanol–water partition coefficient (Wildman–Crippen LogP) is 3.43. The largest absolute Gasteiger partial charge is 0.298 e. The lowest BCUT2D eigenvalue weighted by atomic mass is 10.00. The van der Waals surface area contributed by atoms with Crippen LogP contribution in [0.1, 0.15) is 39.2 Å². The Balaban J connectivity index is 1.66. The lowest BCUT2D eigenvalue weighted by Crippen LogP contribution is -2.25. The number of rotatable bonds is 3. The summed E-state index contributed by atoms with van der Waals surface area (Å²) in [4.78, 5) is 2.53. The van der Waals surface area contributed by atoms with E-state index in [0.29, 0.717) is 11.8 Å². The average Bonchev–Trinajstić information content (AvgIpc) is 3.00. The molecule has 3 atom stereocenters. The van der Waals surface area contributed by atoms with Gasteiger partial charge in [-0.05, 0) is 45.1 Å². The van der Waals surface area contributed by atoms with Gasteiger partial charge in [-0.2, -0.15) is 4.40 Å². The highest BCUT2D eigenvalue weighted by Gasteiger charge is 2.40. The summed E-state index contributed by atoms with van der Waals surface area (Å²) in [6.45, 7) is 9.23. The molecule has 1 aromatic carbocycles. The van der Waals surface area contributed by atoms with Gasteiger partial charge in [0.1, 0.15) is 11.0 Å². The molecule has 1 aliphatic carbocycles. The second-order valence-corrected chi connectivity index (χ2v) is 9.43. The maximum Gasteiger partial charge on any atom is 0.144 e. The molecule has 3 nitrogen and oxygen atoms in total. The minimum absolute atomic E-state index is 0.257. The highest BCUT2D eigenvalue weighted by atomic mass is 32.2. The molecule has 2 fully saturated rings. The van der Waals surface area contributed by atoms with Gasteiger partial charge in [-0.1, -0.05) is 30.3 Å². The quantitative estimate of drug-likeness (QED) is 0.855. The number of fused-ring (bicyclic) bond motifs is 1. The Bertz CT molecular complexity index is 576. The molecule has 1 unspecified atom stereocenters. The lowest BCUT2D eigenvalue weighted by Gasteiger charge is -2.18.